The van der Waals surface area contributed by atoms with Crippen molar-refractivity contribution in [1.29, 1.82) is 0 Å². The molecule has 0 unspecified atom stereocenters. The lowest BCUT2D eigenvalue weighted by molar-refractivity contribution is -0.159. The van der Waals surface area contributed by atoms with Crippen LogP contribution in [0.15, 0.2) is 30.3 Å². The number of carbonyl (C=O) groups is 1. The molecule has 2 atom stereocenters. The minimum atomic E-state index is -2.65. The van der Waals surface area contributed by atoms with E-state index in [2.05, 4.69) is 0 Å². The Morgan fingerprint density at radius 3 is 2.41 bits per heavy atom. The fraction of sp³-hybridized carbons (Fsp3) is 0.562. The fourth-order valence-electron chi connectivity index (χ4n) is 3.46. The van der Waals surface area contributed by atoms with Crippen LogP contribution >= 0.6 is 12.4 Å². The molecule has 0 spiro atoms. The average molecular weight is 331 g/mol. The summed E-state index contributed by atoms with van der Waals surface area (Å²) in [6.07, 6.45) is -0.600. The molecule has 1 aliphatic carbocycles. The number of amides is 1. The Hall–Kier alpha value is -1.20. The Labute approximate surface area is 135 Å². The van der Waals surface area contributed by atoms with Gasteiger partial charge in [-0.15, -0.1) is 12.4 Å². The molecule has 2 aliphatic rings. The molecule has 3 rings (SSSR count). The molecule has 2 N–H and O–H groups in total. The van der Waals surface area contributed by atoms with Crippen molar-refractivity contribution >= 4 is 18.3 Å². The lowest BCUT2D eigenvalue weighted by atomic mass is 9.80. The minimum absolute atomic E-state index is 0. The van der Waals surface area contributed by atoms with Crippen molar-refractivity contribution < 1.29 is 13.6 Å². The van der Waals surface area contributed by atoms with Crippen molar-refractivity contribution in [3.63, 3.8) is 0 Å². The summed E-state index contributed by atoms with van der Waals surface area (Å²) >= 11 is 0. The number of rotatable bonds is 3. The molecule has 122 valence electrons. The first kappa shape index (κ1) is 17.2. The SMILES string of the molecule is Cl.NC[C@@H]1CN(C(=O)C2CC(F)(F)C2)C[C@H]1c1ccccc1. The van der Waals surface area contributed by atoms with E-state index in [4.69, 9.17) is 5.73 Å². The molecule has 6 heteroatoms. The monoisotopic (exact) mass is 330 g/mol. The lowest BCUT2D eigenvalue weighted by Gasteiger charge is -2.36. The van der Waals surface area contributed by atoms with Gasteiger partial charge in [-0.3, -0.25) is 4.79 Å². The molecule has 0 aromatic heterocycles. The number of hydrogen-bond acceptors (Lipinski definition) is 2. The second kappa shape index (κ2) is 6.50. The number of alkyl halides is 2. The van der Waals surface area contributed by atoms with E-state index in [1.165, 1.54) is 5.56 Å². The van der Waals surface area contributed by atoms with Gasteiger partial charge in [-0.1, -0.05) is 30.3 Å². The van der Waals surface area contributed by atoms with Gasteiger partial charge < -0.3 is 10.6 Å². The van der Waals surface area contributed by atoms with E-state index in [9.17, 15) is 13.6 Å². The van der Waals surface area contributed by atoms with Crippen LogP contribution in [-0.4, -0.2) is 36.4 Å². The Bertz CT molecular complexity index is 518. The van der Waals surface area contributed by atoms with Crippen molar-refractivity contribution in [2.45, 2.75) is 24.7 Å². The maximum absolute atomic E-state index is 12.9. The third kappa shape index (κ3) is 3.25. The van der Waals surface area contributed by atoms with Gasteiger partial charge in [-0.2, -0.15) is 0 Å². The van der Waals surface area contributed by atoms with E-state index < -0.39 is 11.8 Å². The Morgan fingerprint density at radius 1 is 1.23 bits per heavy atom. The third-order valence-corrected chi connectivity index (χ3v) is 4.72. The zero-order valence-corrected chi connectivity index (χ0v) is 13.1. The normalized spacial score (nSPS) is 27.1. The van der Waals surface area contributed by atoms with Crippen LogP contribution in [-0.2, 0) is 4.79 Å². The number of carbonyl (C=O) groups excluding carboxylic acids is 1. The van der Waals surface area contributed by atoms with Crippen LogP contribution in [0, 0.1) is 11.8 Å². The Kier molecular flexibility index (Phi) is 5.07. The van der Waals surface area contributed by atoms with Crippen molar-refractivity contribution in [2.24, 2.45) is 17.6 Å². The number of halogens is 3. The standard InChI is InChI=1S/C16H20F2N2O.ClH/c17-16(18)6-12(7-16)15(21)20-9-13(8-19)14(10-20)11-4-2-1-3-5-11;/h1-5,12-14H,6-10,19H2;1H/t13-,14+;/m1./s1. The molecular weight excluding hydrogens is 310 g/mol. The van der Waals surface area contributed by atoms with Crippen molar-refractivity contribution in [3.8, 4) is 0 Å². The molecule has 0 radical (unpaired) electrons. The average Bonchev–Trinajstić information content (AvgIpc) is 2.89. The van der Waals surface area contributed by atoms with E-state index in [1.54, 1.807) is 4.90 Å². The third-order valence-electron chi connectivity index (χ3n) is 4.72. The molecule has 1 aliphatic heterocycles. The van der Waals surface area contributed by atoms with Gasteiger partial charge in [-0.25, -0.2) is 8.78 Å². The first-order chi connectivity index (χ1) is 10.00. The summed E-state index contributed by atoms with van der Waals surface area (Å²) in [6.45, 7) is 1.67. The number of benzene rings is 1. The summed E-state index contributed by atoms with van der Waals surface area (Å²) in [4.78, 5) is 14.0. The highest BCUT2D eigenvalue weighted by molar-refractivity contribution is 5.85. The second-order valence-corrected chi connectivity index (χ2v) is 6.22. The zero-order valence-electron chi connectivity index (χ0n) is 12.3. The van der Waals surface area contributed by atoms with Gasteiger partial charge in [0.05, 0.1) is 0 Å². The van der Waals surface area contributed by atoms with Crippen molar-refractivity contribution in [1.82, 2.24) is 4.90 Å². The van der Waals surface area contributed by atoms with Crippen LogP contribution in [0.5, 0.6) is 0 Å². The molecule has 0 bridgehead atoms. The van der Waals surface area contributed by atoms with Gasteiger partial charge in [0.25, 0.3) is 0 Å². The van der Waals surface area contributed by atoms with E-state index in [0.717, 1.165) is 0 Å². The Balaban J connectivity index is 0.00000176. The number of nitrogens with zero attached hydrogens (tertiary/aromatic N) is 1. The molecule has 1 aromatic carbocycles. The molecule has 3 nitrogen and oxygen atoms in total. The highest BCUT2D eigenvalue weighted by Crippen LogP contribution is 2.44. The highest BCUT2D eigenvalue weighted by Gasteiger charge is 2.51. The number of likely N-dealkylation sites (tertiary alicyclic amines) is 1. The number of nitrogens with two attached hydrogens (primary N) is 1. The minimum Gasteiger partial charge on any atom is -0.341 e. The molecule has 1 saturated heterocycles. The first-order valence-corrected chi connectivity index (χ1v) is 7.42. The van der Waals surface area contributed by atoms with Gasteiger partial charge >= 0.3 is 0 Å². The zero-order chi connectivity index (χ0) is 15.0. The van der Waals surface area contributed by atoms with Gasteiger partial charge in [0.2, 0.25) is 11.8 Å². The van der Waals surface area contributed by atoms with Crippen LogP contribution < -0.4 is 5.73 Å². The summed E-state index contributed by atoms with van der Waals surface area (Å²) in [5.41, 5.74) is 7.00. The quantitative estimate of drug-likeness (QED) is 0.926. The fourth-order valence-corrected chi connectivity index (χ4v) is 3.46. The summed E-state index contributed by atoms with van der Waals surface area (Å²) in [6, 6.07) is 9.98. The van der Waals surface area contributed by atoms with Gasteiger partial charge in [0, 0.05) is 37.8 Å². The molecule has 1 aromatic rings. The summed E-state index contributed by atoms with van der Waals surface area (Å²) in [5, 5.41) is 0. The van der Waals surface area contributed by atoms with E-state index in [1.807, 2.05) is 30.3 Å². The number of hydrogen-bond donors (Lipinski definition) is 1. The van der Waals surface area contributed by atoms with Crippen LogP contribution in [0.4, 0.5) is 8.78 Å². The highest BCUT2D eigenvalue weighted by atomic mass is 35.5. The summed E-state index contributed by atoms with van der Waals surface area (Å²) in [7, 11) is 0. The molecule has 2 fully saturated rings. The summed E-state index contributed by atoms with van der Waals surface area (Å²) in [5.74, 6) is -2.87. The van der Waals surface area contributed by atoms with E-state index >= 15 is 0 Å². The summed E-state index contributed by atoms with van der Waals surface area (Å²) < 4.78 is 25.9. The topological polar surface area (TPSA) is 46.3 Å². The first-order valence-electron chi connectivity index (χ1n) is 7.42. The van der Waals surface area contributed by atoms with Crippen LogP contribution in [0.2, 0.25) is 0 Å². The maximum atomic E-state index is 12.9. The molecule has 22 heavy (non-hydrogen) atoms. The van der Waals surface area contributed by atoms with E-state index in [0.29, 0.717) is 19.6 Å². The van der Waals surface area contributed by atoms with E-state index in [-0.39, 0.29) is 43.0 Å². The molecule has 1 amide bonds. The Morgan fingerprint density at radius 2 is 1.86 bits per heavy atom. The van der Waals surface area contributed by atoms with Crippen LogP contribution in [0.3, 0.4) is 0 Å². The largest absolute Gasteiger partial charge is 0.341 e. The van der Waals surface area contributed by atoms with Crippen molar-refractivity contribution in [3.05, 3.63) is 35.9 Å². The van der Waals surface area contributed by atoms with Gasteiger partial charge in [0.15, 0.2) is 0 Å². The predicted octanol–water partition coefficient (Wildman–Crippen LogP) is 2.65. The molecule has 1 saturated carbocycles. The van der Waals surface area contributed by atoms with Gasteiger partial charge in [0.1, 0.15) is 0 Å². The van der Waals surface area contributed by atoms with Crippen molar-refractivity contribution in [2.75, 3.05) is 19.6 Å². The van der Waals surface area contributed by atoms with Gasteiger partial charge in [-0.05, 0) is 18.0 Å². The van der Waals surface area contributed by atoms with Crippen LogP contribution in [0.1, 0.15) is 24.3 Å². The smallest absolute Gasteiger partial charge is 0.249 e. The predicted molar refractivity (Wildman–Crippen MR) is 83.2 cm³/mol. The molecular formula is C16H21ClF2N2O. The van der Waals surface area contributed by atoms with Crippen LogP contribution in [0.25, 0.3) is 0 Å². The molecule has 1 heterocycles. The maximum Gasteiger partial charge on any atom is 0.249 e. The second-order valence-electron chi connectivity index (χ2n) is 6.22. The lowest BCUT2D eigenvalue weighted by Crippen LogP contribution is -2.46.